The molecule has 33 heavy (non-hydrogen) atoms. The summed E-state index contributed by atoms with van der Waals surface area (Å²) in [5, 5.41) is 2.91. The molecule has 1 atom stereocenters. The van der Waals surface area contributed by atoms with E-state index in [2.05, 4.69) is 45.1 Å². The highest BCUT2D eigenvalue weighted by atomic mass is 16.2. The topological polar surface area (TPSA) is 70.0 Å². The Morgan fingerprint density at radius 2 is 1.85 bits per heavy atom. The number of carbonyl (C=O) groups excluding carboxylic acids is 2. The van der Waals surface area contributed by atoms with Gasteiger partial charge in [0.25, 0.3) is 0 Å². The lowest BCUT2D eigenvalue weighted by molar-refractivity contribution is -0.139. The first-order chi connectivity index (χ1) is 16.1. The number of aromatic nitrogens is 2. The summed E-state index contributed by atoms with van der Waals surface area (Å²) in [6, 6.07) is 16.2. The molecule has 2 aliphatic rings. The van der Waals surface area contributed by atoms with Crippen LogP contribution in [0.1, 0.15) is 37.4 Å². The average molecular weight is 446 g/mol. The first-order valence-electron chi connectivity index (χ1n) is 11.9. The van der Waals surface area contributed by atoms with Gasteiger partial charge in [0.1, 0.15) is 5.65 Å². The molecule has 1 unspecified atom stereocenters. The smallest absolute Gasteiger partial charge is 0.237 e. The van der Waals surface area contributed by atoms with Crippen molar-refractivity contribution in [2.24, 2.45) is 0 Å². The molecule has 0 radical (unpaired) electrons. The molecule has 0 aliphatic carbocycles. The minimum Gasteiger partial charge on any atom is -0.353 e. The van der Waals surface area contributed by atoms with E-state index in [1.165, 1.54) is 5.56 Å². The van der Waals surface area contributed by atoms with E-state index in [-0.39, 0.29) is 29.7 Å². The normalized spacial score (nSPS) is 21.2. The van der Waals surface area contributed by atoms with Crippen LogP contribution in [0, 0.1) is 0 Å². The number of carbonyl (C=O) groups is 2. The van der Waals surface area contributed by atoms with Gasteiger partial charge < -0.3 is 14.6 Å². The molecule has 2 aliphatic heterocycles. The van der Waals surface area contributed by atoms with Crippen molar-refractivity contribution < 1.29 is 9.59 Å². The number of amides is 2. The van der Waals surface area contributed by atoms with Crippen LogP contribution in [0.2, 0.25) is 0 Å². The molecule has 7 heteroatoms. The number of hydrogen-bond donors (Lipinski definition) is 1. The molecule has 1 aromatic carbocycles. The largest absolute Gasteiger partial charge is 0.353 e. The van der Waals surface area contributed by atoms with Gasteiger partial charge in [0.2, 0.25) is 11.8 Å². The zero-order valence-electron chi connectivity index (χ0n) is 19.1. The number of piperidine rings is 1. The van der Waals surface area contributed by atoms with Gasteiger partial charge in [0.15, 0.2) is 0 Å². The number of likely N-dealkylation sites (N-methyl/N-ethyl adjacent to an activating group) is 1. The number of rotatable bonds is 5. The monoisotopic (exact) mass is 445 g/mol. The van der Waals surface area contributed by atoms with E-state index in [0.29, 0.717) is 19.6 Å². The lowest BCUT2D eigenvalue weighted by Crippen LogP contribution is -2.57. The Morgan fingerprint density at radius 3 is 2.58 bits per heavy atom. The Balaban J connectivity index is 1.37. The van der Waals surface area contributed by atoms with E-state index in [0.717, 1.165) is 37.3 Å². The predicted octanol–water partition coefficient (Wildman–Crippen LogP) is 2.45. The number of benzene rings is 1. The third-order valence-electron chi connectivity index (χ3n) is 7.37. The minimum absolute atomic E-state index is 0.0307. The summed E-state index contributed by atoms with van der Waals surface area (Å²) < 4.78 is 2.07. The predicted molar refractivity (Wildman–Crippen MR) is 127 cm³/mol. The van der Waals surface area contributed by atoms with Crippen molar-refractivity contribution in [1.82, 2.24) is 24.5 Å². The number of piperazine rings is 1. The van der Waals surface area contributed by atoms with Crippen LogP contribution in [0.25, 0.3) is 5.65 Å². The molecule has 1 N–H and O–H groups in total. The third-order valence-corrected chi connectivity index (χ3v) is 7.37. The lowest BCUT2D eigenvalue weighted by atomic mass is 9.70. The average Bonchev–Trinajstić information content (AvgIpc) is 3.31. The van der Waals surface area contributed by atoms with Gasteiger partial charge in [-0.3, -0.25) is 14.5 Å². The fraction of sp³-hybridized carbons (Fsp3) is 0.423. The quantitative estimate of drug-likeness (QED) is 0.655. The maximum Gasteiger partial charge on any atom is 0.237 e. The van der Waals surface area contributed by atoms with Crippen molar-refractivity contribution in [1.29, 1.82) is 0 Å². The van der Waals surface area contributed by atoms with E-state index in [1.807, 2.05) is 42.3 Å². The molecule has 0 saturated carbocycles. The van der Waals surface area contributed by atoms with Crippen LogP contribution in [0.3, 0.4) is 0 Å². The number of pyridine rings is 1. The zero-order valence-corrected chi connectivity index (χ0v) is 19.1. The Kier molecular flexibility index (Phi) is 5.89. The molecule has 3 aromatic rings. The summed E-state index contributed by atoms with van der Waals surface area (Å²) in [6.45, 7) is 5.57. The van der Waals surface area contributed by atoms with Crippen LogP contribution in [-0.4, -0.2) is 69.8 Å². The molecule has 172 valence electrons. The summed E-state index contributed by atoms with van der Waals surface area (Å²) >= 11 is 0. The molecule has 4 heterocycles. The van der Waals surface area contributed by atoms with Gasteiger partial charge in [0, 0.05) is 44.0 Å². The van der Waals surface area contributed by atoms with Gasteiger partial charge in [-0.1, -0.05) is 43.3 Å². The van der Waals surface area contributed by atoms with E-state index >= 15 is 0 Å². The van der Waals surface area contributed by atoms with Crippen LogP contribution >= 0.6 is 0 Å². The number of likely N-dealkylation sites (tertiary alicyclic amines) is 1. The summed E-state index contributed by atoms with van der Waals surface area (Å²) in [5.74, 6) is 0.0314. The SMILES string of the molecule is CCN1CCNC(=O)C1CC(=O)N1CCC(c2ccccc2)(c2cn3ccccc3n2)CC1. The first-order valence-corrected chi connectivity index (χ1v) is 11.9. The van der Waals surface area contributed by atoms with Crippen LogP contribution < -0.4 is 5.32 Å². The van der Waals surface area contributed by atoms with Crippen molar-refractivity contribution >= 4 is 17.5 Å². The molecule has 2 saturated heterocycles. The highest BCUT2D eigenvalue weighted by Gasteiger charge is 2.41. The van der Waals surface area contributed by atoms with Crippen LogP contribution in [-0.2, 0) is 15.0 Å². The van der Waals surface area contributed by atoms with Gasteiger partial charge in [-0.05, 0) is 37.1 Å². The first kappa shape index (κ1) is 21.6. The molecule has 0 spiro atoms. The Bertz CT molecular complexity index is 1100. The van der Waals surface area contributed by atoms with Crippen LogP contribution in [0.15, 0.2) is 60.9 Å². The van der Waals surface area contributed by atoms with Crippen molar-refractivity contribution in [2.75, 3.05) is 32.7 Å². The maximum atomic E-state index is 13.2. The van der Waals surface area contributed by atoms with Crippen LogP contribution in [0.4, 0.5) is 0 Å². The zero-order chi connectivity index (χ0) is 22.8. The molecule has 7 nitrogen and oxygen atoms in total. The Morgan fingerprint density at radius 1 is 1.09 bits per heavy atom. The standard InChI is InChI=1S/C26H31N5O2/c1-2-29-17-13-27-25(33)21(29)18-24(32)30-15-11-26(12-16-30,20-8-4-3-5-9-20)22-19-31-14-7-6-10-23(31)28-22/h3-10,14,19,21H,2,11-13,15-18H2,1H3,(H,27,33). The minimum atomic E-state index is -0.365. The van der Waals surface area contributed by atoms with Crippen molar-refractivity contribution in [2.45, 2.75) is 37.6 Å². The van der Waals surface area contributed by atoms with E-state index in [9.17, 15) is 9.59 Å². The van der Waals surface area contributed by atoms with Crippen molar-refractivity contribution in [3.05, 3.63) is 72.2 Å². The number of hydrogen-bond acceptors (Lipinski definition) is 4. The summed E-state index contributed by atoms with van der Waals surface area (Å²) in [6.07, 6.45) is 6.01. The molecule has 0 bridgehead atoms. The second kappa shape index (κ2) is 8.98. The second-order valence-corrected chi connectivity index (χ2v) is 9.06. The van der Waals surface area contributed by atoms with Crippen molar-refractivity contribution in [3.63, 3.8) is 0 Å². The molecule has 2 amide bonds. The highest BCUT2D eigenvalue weighted by molar-refractivity contribution is 5.89. The highest BCUT2D eigenvalue weighted by Crippen LogP contribution is 2.41. The second-order valence-electron chi connectivity index (χ2n) is 9.06. The van der Waals surface area contributed by atoms with Gasteiger partial charge in [-0.25, -0.2) is 4.98 Å². The fourth-order valence-corrected chi connectivity index (χ4v) is 5.41. The number of nitrogens with one attached hydrogen (secondary N) is 1. The molecule has 2 aromatic heterocycles. The number of fused-ring (bicyclic) bond motifs is 1. The van der Waals surface area contributed by atoms with E-state index in [1.54, 1.807) is 0 Å². The molecule has 2 fully saturated rings. The third kappa shape index (κ3) is 4.02. The molecular formula is C26H31N5O2. The summed E-state index contributed by atoms with van der Waals surface area (Å²) in [7, 11) is 0. The fourth-order valence-electron chi connectivity index (χ4n) is 5.41. The van der Waals surface area contributed by atoms with Crippen molar-refractivity contribution in [3.8, 4) is 0 Å². The Labute approximate surface area is 194 Å². The maximum absolute atomic E-state index is 13.2. The van der Waals surface area contributed by atoms with Gasteiger partial charge in [-0.2, -0.15) is 0 Å². The van der Waals surface area contributed by atoms with Crippen LogP contribution in [0.5, 0.6) is 0 Å². The van der Waals surface area contributed by atoms with E-state index in [4.69, 9.17) is 4.98 Å². The number of imidazole rings is 1. The van der Waals surface area contributed by atoms with Gasteiger partial charge >= 0.3 is 0 Å². The number of nitrogens with zero attached hydrogens (tertiary/aromatic N) is 4. The van der Waals surface area contributed by atoms with Gasteiger partial charge in [-0.15, -0.1) is 0 Å². The lowest BCUT2D eigenvalue weighted by Gasteiger charge is -2.42. The summed E-state index contributed by atoms with van der Waals surface area (Å²) in [5.41, 5.74) is 2.99. The van der Waals surface area contributed by atoms with Gasteiger partial charge in [0.05, 0.1) is 18.2 Å². The summed E-state index contributed by atoms with van der Waals surface area (Å²) in [4.78, 5) is 34.6. The Hall–Kier alpha value is -3.19. The molecular weight excluding hydrogens is 414 g/mol. The van der Waals surface area contributed by atoms with E-state index < -0.39 is 0 Å². The molecule has 5 rings (SSSR count).